The number of hydrogen-bond donors (Lipinski definition) is 1. The molecular formula is C9H10BrF2NO2S. The van der Waals surface area contributed by atoms with Crippen molar-refractivity contribution in [2.45, 2.75) is 24.8 Å². The molecule has 1 rings (SSSR count). The minimum Gasteiger partial charge on any atom is -0.208 e. The largest absolute Gasteiger partial charge is 0.246 e. The van der Waals surface area contributed by atoms with Crippen LogP contribution in [0.5, 0.6) is 0 Å². The average molecular weight is 314 g/mol. The van der Waals surface area contributed by atoms with E-state index in [2.05, 4.69) is 20.7 Å². The Morgan fingerprint density at radius 3 is 2.06 bits per heavy atom. The quantitative estimate of drug-likeness (QED) is 0.931. The average Bonchev–Trinajstić information content (AvgIpc) is 1.96. The van der Waals surface area contributed by atoms with Crippen LogP contribution in [0.25, 0.3) is 0 Å². The summed E-state index contributed by atoms with van der Waals surface area (Å²) in [5, 5.41) is 0. The molecule has 7 heteroatoms. The van der Waals surface area contributed by atoms with Crippen LogP contribution < -0.4 is 4.72 Å². The number of benzene rings is 1. The van der Waals surface area contributed by atoms with Crippen LogP contribution in [0.3, 0.4) is 0 Å². The van der Waals surface area contributed by atoms with E-state index in [1.165, 1.54) is 0 Å². The molecule has 0 aliphatic carbocycles. The lowest BCUT2D eigenvalue weighted by atomic mass is 10.3. The van der Waals surface area contributed by atoms with Crippen LogP contribution in [-0.2, 0) is 10.0 Å². The van der Waals surface area contributed by atoms with E-state index in [4.69, 9.17) is 0 Å². The van der Waals surface area contributed by atoms with E-state index in [0.717, 1.165) is 12.1 Å². The van der Waals surface area contributed by atoms with Crippen LogP contribution in [0.1, 0.15) is 13.8 Å². The van der Waals surface area contributed by atoms with Crippen molar-refractivity contribution in [1.29, 1.82) is 0 Å². The Bertz CT molecular complexity index is 479. The van der Waals surface area contributed by atoms with Crippen molar-refractivity contribution in [3.8, 4) is 0 Å². The number of hydrogen-bond acceptors (Lipinski definition) is 2. The summed E-state index contributed by atoms with van der Waals surface area (Å²) in [6.45, 7) is 3.12. The van der Waals surface area contributed by atoms with E-state index in [-0.39, 0.29) is 4.47 Å². The van der Waals surface area contributed by atoms with Gasteiger partial charge in [-0.1, -0.05) is 15.9 Å². The predicted molar refractivity (Wildman–Crippen MR) is 59.5 cm³/mol. The molecule has 0 fully saturated rings. The van der Waals surface area contributed by atoms with Crippen LogP contribution >= 0.6 is 15.9 Å². The van der Waals surface area contributed by atoms with Gasteiger partial charge >= 0.3 is 0 Å². The van der Waals surface area contributed by atoms with Gasteiger partial charge in [-0.3, -0.25) is 0 Å². The van der Waals surface area contributed by atoms with E-state index < -0.39 is 32.6 Å². The molecule has 0 unspecified atom stereocenters. The third kappa shape index (κ3) is 2.99. The fourth-order valence-corrected chi connectivity index (χ4v) is 2.93. The van der Waals surface area contributed by atoms with Crippen LogP contribution in [0.2, 0.25) is 0 Å². The molecule has 0 saturated carbocycles. The SMILES string of the molecule is CC(C)NS(=O)(=O)c1c(F)cc(Br)cc1F. The Balaban J connectivity index is 3.34. The van der Waals surface area contributed by atoms with E-state index >= 15 is 0 Å². The van der Waals surface area contributed by atoms with Crippen LogP contribution in [0.15, 0.2) is 21.5 Å². The lowest BCUT2D eigenvalue weighted by Crippen LogP contribution is -2.31. The maximum absolute atomic E-state index is 13.4. The molecule has 0 radical (unpaired) electrons. The molecule has 3 nitrogen and oxygen atoms in total. The van der Waals surface area contributed by atoms with Gasteiger partial charge in [-0.15, -0.1) is 0 Å². The summed E-state index contributed by atoms with van der Waals surface area (Å²) < 4.78 is 52.2. The van der Waals surface area contributed by atoms with Crippen molar-refractivity contribution in [2.24, 2.45) is 0 Å². The Morgan fingerprint density at radius 2 is 1.69 bits per heavy atom. The minimum atomic E-state index is -4.16. The summed E-state index contributed by atoms with van der Waals surface area (Å²) in [6, 6.07) is 1.36. The summed E-state index contributed by atoms with van der Waals surface area (Å²) in [7, 11) is -4.16. The first-order valence-electron chi connectivity index (χ1n) is 4.41. The third-order valence-electron chi connectivity index (χ3n) is 1.62. The highest BCUT2D eigenvalue weighted by Crippen LogP contribution is 2.23. The van der Waals surface area contributed by atoms with Gasteiger partial charge in [0.15, 0.2) is 4.90 Å². The lowest BCUT2D eigenvalue weighted by molar-refractivity contribution is 0.509. The molecule has 1 N–H and O–H groups in total. The molecule has 0 aromatic heterocycles. The normalized spacial score (nSPS) is 12.1. The molecule has 90 valence electrons. The molecular weight excluding hydrogens is 304 g/mol. The zero-order valence-electron chi connectivity index (χ0n) is 8.59. The predicted octanol–water partition coefficient (Wildman–Crippen LogP) is 2.41. The third-order valence-corrected chi connectivity index (χ3v) is 3.79. The summed E-state index contributed by atoms with van der Waals surface area (Å²) >= 11 is 2.87. The molecule has 0 spiro atoms. The molecule has 0 bridgehead atoms. The van der Waals surface area contributed by atoms with Crippen molar-refractivity contribution in [3.05, 3.63) is 28.2 Å². The van der Waals surface area contributed by atoms with Gasteiger partial charge in [0.25, 0.3) is 0 Å². The van der Waals surface area contributed by atoms with E-state index in [1.54, 1.807) is 13.8 Å². The highest BCUT2D eigenvalue weighted by Gasteiger charge is 2.25. The van der Waals surface area contributed by atoms with Crippen molar-refractivity contribution < 1.29 is 17.2 Å². The smallest absolute Gasteiger partial charge is 0.208 e. The second-order valence-electron chi connectivity index (χ2n) is 3.47. The summed E-state index contributed by atoms with van der Waals surface area (Å²) in [5.74, 6) is -2.25. The minimum absolute atomic E-state index is 0.144. The highest BCUT2D eigenvalue weighted by atomic mass is 79.9. The Labute approximate surface area is 101 Å². The summed E-state index contributed by atoms with van der Waals surface area (Å²) in [6.07, 6.45) is 0. The fourth-order valence-electron chi connectivity index (χ4n) is 1.15. The van der Waals surface area contributed by atoms with Crippen molar-refractivity contribution in [1.82, 2.24) is 4.72 Å². The van der Waals surface area contributed by atoms with Crippen molar-refractivity contribution in [3.63, 3.8) is 0 Å². The van der Waals surface area contributed by atoms with E-state index in [1.807, 2.05) is 0 Å². The second-order valence-corrected chi connectivity index (χ2v) is 6.04. The van der Waals surface area contributed by atoms with Gasteiger partial charge in [0.05, 0.1) is 0 Å². The maximum atomic E-state index is 13.4. The zero-order valence-corrected chi connectivity index (χ0v) is 11.0. The summed E-state index contributed by atoms with van der Waals surface area (Å²) in [5.41, 5.74) is 0. The van der Waals surface area contributed by atoms with E-state index in [9.17, 15) is 17.2 Å². The zero-order chi connectivity index (χ0) is 12.5. The first kappa shape index (κ1) is 13.5. The number of halogens is 3. The van der Waals surface area contributed by atoms with Gasteiger partial charge in [-0.25, -0.2) is 21.9 Å². The molecule has 0 saturated heterocycles. The van der Waals surface area contributed by atoms with Gasteiger partial charge in [-0.05, 0) is 26.0 Å². The topological polar surface area (TPSA) is 46.2 Å². The molecule has 1 aromatic carbocycles. The van der Waals surface area contributed by atoms with Gasteiger partial charge in [0, 0.05) is 10.5 Å². The molecule has 0 atom stereocenters. The van der Waals surface area contributed by atoms with Crippen molar-refractivity contribution in [2.75, 3.05) is 0 Å². The maximum Gasteiger partial charge on any atom is 0.246 e. The fraction of sp³-hybridized carbons (Fsp3) is 0.333. The van der Waals surface area contributed by atoms with Crippen LogP contribution in [-0.4, -0.2) is 14.5 Å². The molecule has 1 aromatic rings. The molecule has 0 amide bonds. The molecule has 16 heavy (non-hydrogen) atoms. The highest BCUT2D eigenvalue weighted by molar-refractivity contribution is 9.10. The van der Waals surface area contributed by atoms with Gasteiger partial charge < -0.3 is 0 Å². The Kier molecular flexibility index (Phi) is 4.03. The second kappa shape index (κ2) is 4.77. The number of rotatable bonds is 3. The van der Waals surface area contributed by atoms with Crippen LogP contribution in [0.4, 0.5) is 8.78 Å². The monoisotopic (exact) mass is 313 g/mol. The molecule has 0 aliphatic rings. The van der Waals surface area contributed by atoms with Gasteiger partial charge in [0.2, 0.25) is 10.0 Å². The van der Waals surface area contributed by atoms with E-state index in [0.29, 0.717) is 0 Å². The Morgan fingerprint density at radius 1 is 1.25 bits per heavy atom. The lowest BCUT2D eigenvalue weighted by Gasteiger charge is -2.11. The first-order valence-corrected chi connectivity index (χ1v) is 6.68. The number of nitrogens with one attached hydrogen (secondary N) is 1. The standard InChI is InChI=1S/C9H10BrF2NO2S/c1-5(2)13-16(14,15)9-7(11)3-6(10)4-8(9)12/h3-5,13H,1-2H3. The molecule has 0 aliphatic heterocycles. The summed E-state index contributed by atoms with van der Waals surface area (Å²) in [4.78, 5) is -0.954. The molecule has 0 heterocycles. The van der Waals surface area contributed by atoms with Gasteiger partial charge in [-0.2, -0.15) is 0 Å². The Hall–Kier alpha value is -0.530. The number of sulfonamides is 1. The van der Waals surface area contributed by atoms with Gasteiger partial charge in [0.1, 0.15) is 11.6 Å². The van der Waals surface area contributed by atoms with Crippen LogP contribution in [0, 0.1) is 11.6 Å². The first-order chi connectivity index (χ1) is 7.24. The van der Waals surface area contributed by atoms with Crippen molar-refractivity contribution >= 4 is 26.0 Å².